The lowest BCUT2D eigenvalue weighted by Gasteiger charge is -2.20. The SMILES string of the molecule is Cc1ccccc1OCCn1cc(/C=C2/C(=N)N3N=C(CC(C)C)SC3=NC2=O)c2ccccc21. The van der Waals surface area contributed by atoms with Gasteiger partial charge in [0, 0.05) is 29.1 Å². The first-order valence-electron chi connectivity index (χ1n) is 11.7. The number of fused-ring (bicyclic) bond motifs is 2. The first-order chi connectivity index (χ1) is 16.9. The highest BCUT2D eigenvalue weighted by atomic mass is 32.2. The van der Waals surface area contributed by atoms with E-state index in [2.05, 4.69) is 34.6 Å². The Morgan fingerprint density at radius 2 is 1.91 bits per heavy atom. The van der Waals surface area contributed by atoms with Gasteiger partial charge in [-0.05, 0) is 48.4 Å². The van der Waals surface area contributed by atoms with Gasteiger partial charge in [0.1, 0.15) is 17.4 Å². The number of aromatic nitrogens is 1. The molecule has 0 fully saturated rings. The van der Waals surface area contributed by atoms with E-state index in [0.717, 1.165) is 39.2 Å². The zero-order valence-electron chi connectivity index (χ0n) is 20.0. The van der Waals surface area contributed by atoms with Crippen LogP contribution in [0.25, 0.3) is 17.0 Å². The summed E-state index contributed by atoms with van der Waals surface area (Å²) < 4.78 is 8.12. The molecule has 5 rings (SSSR count). The summed E-state index contributed by atoms with van der Waals surface area (Å²) in [5.41, 5.74) is 3.24. The molecule has 1 aromatic heterocycles. The maximum absolute atomic E-state index is 12.9. The predicted octanol–water partition coefficient (Wildman–Crippen LogP) is 5.69. The van der Waals surface area contributed by atoms with Crippen molar-refractivity contribution in [1.29, 1.82) is 5.41 Å². The Hall–Kier alpha value is -3.65. The van der Waals surface area contributed by atoms with E-state index in [1.165, 1.54) is 16.8 Å². The van der Waals surface area contributed by atoms with Crippen molar-refractivity contribution >= 4 is 50.7 Å². The van der Waals surface area contributed by atoms with Crippen LogP contribution in [0.5, 0.6) is 5.75 Å². The van der Waals surface area contributed by atoms with Crippen molar-refractivity contribution < 1.29 is 9.53 Å². The van der Waals surface area contributed by atoms with Crippen molar-refractivity contribution in [3.63, 3.8) is 0 Å². The van der Waals surface area contributed by atoms with E-state index in [1.54, 1.807) is 6.08 Å². The topological polar surface area (TPSA) is 83.0 Å². The average Bonchev–Trinajstić information content (AvgIpc) is 3.38. The number of amides is 1. The normalized spacial score (nSPS) is 16.8. The lowest BCUT2D eigenvalue weighted by Crippen LogP contribution is -2.35. The number of ether oxygens (including phenoxy) is 1. The minimum Gasteiger partial charge on any atom is -0.491 e. The molecule has 1 amide bonds. The smallest absolute Gasteiger partial charge is 0.283 e. The molecule has 1 N–H and O–H groups in total. The van der Waals surface area contributed by atoms with Crippen molar-refractivity contribution in [3.8, 4) is 5.75 Å². The summed E-state index contributed by atoms with van der Waals surface area (Å²) in [5, 5.41) is 17.0. The van der Waals surface area contributed by atoms with E-state index in [4.69, 9.17) is 10.1 Å². The van der Waals surface area contributed by atoms with Crippen LogP contribution in [-0.2, 0) is 11.3 Å². The molecule has 0 unspecified atom stereocenters. The minimum absolute atomic E-state index is 0.0611. The Balaban J connectivity index is 1.42. The highest BCUT2D eigenvalue weighted by Crippen LogP contribution is 2.32. The second kappa shape index (κ2) is 9.54. The summed E-state index contributed by atoms with van der Waals surface area (Å²) in [7, 11) is 0. The first-order valence-corrected chi connectivity index (χ1v) is 12.5. The van der Waals surface area contributed by atoms with Crippen molar-refractivity contribution in [2.45, 2.75) is 33.7 Å². The number of nitrogens with one attached hydrogen (secondary N) is 1. The first kappa shape index (κ1) is 23.1. The Morgan fingerprint density at radius 1 is 1.14 bits per heavy atom. The molecule has 2 aliphatic rings. The summed E-state index contributed by atoms with van der Waals surface area (Å²) >= 11 is 1.37. The number of hydrazone groups is 1. The number of aryl methyl sites for hydroxylation is 1. The number of thioether (sulfide) groups is 1. The zero-order chi connectivity index (χ0) is 24.5. The monoisotopic (exact) mass is 485 g/mol. The van der Waals surface area contributed by atoms with Crippen molar-refractivity contribution in [1.82, 2.24) is 9.58 Å². The van der Waals surface area contributed by atoms with Crippen LogP contribution < -0.4 is 4.74 Å². The van der Waals surface area contributed by atoms with E-state index in [1.807, 2.05) is 55.6 Å². The molecule has 8 heteroatoms. The molecule has 178 valence electrons. The molecule has 2 aliphatic heterocycles. The summed E-state index contributed by atoms with van der Waals surface area (Å²) in [6, 6.07) is 16.0. The van der Waals surface area contributed by atoms with Gasteiger partial charge in [0.15, 0.2) is 5.84 Å². The number of para-hydroxylation sites is 2. The lowest BCUT2D eigenvalue weighted by atomic mass is 10.1. The molecule has 0 atom stereocenters. The summed E-state index contributed by atoms with van der Waals surface area (Å²) in [4.78, 5) is 17.1. The molecule has 0 saturated heterocycles. The predicted molar refractivity (Wildman–Crippen MR) is 143 cm³/mol. The van der Waals surface area contributed by atoms with Gasteiger partial charge in [-0.2, -0.15) is 15.1 Å². The van der Waals surface area contributed by atoms with E-state index in [-0.39, 0.29) is 11.4 Å². The van der Waals surface area contributed by atoms with Crippen LogP contribution in [0.4, 0.5) is 0 Å². The molecule has 0 bridgehead atoms. The Morgan fingerprint density at radius 3 is 2.71 bits per heavy atom. The van der Waals surface area contributed by atoms with Crippen molar-refractivity contribution in [3.05, 3.63) is 71.4 Å². The van der Waals surface area contributed by atoms with Crippen LogP contribution in [0, 0.1) is 18.3 Å². The van der Waals surface area contributed by atoms with Crippen molar-refractivity contribution in [2.75, 3.05) is 6.61 Å². The standard InChI is InChI=1S/C27H27N5O2S/c1-17(2)14-24-30-32-25(28)21(26(33)29-27(32)35-24)15-19-16-31(22-10-6-5-9-20(19)22)12-13-34-23-11-7-4-8-18(23)3/h4-11,15-17,28H,12-14H2,1-3H3/b21-15-,28-25?. The number of nitrogens with zero attached hydrogens (tertiary/aromatic N) is 4. The molecule has 0 spiro atoms. The van der Waals surface area contributed by atoms with Gasteiger partial charge in [-0.15, -0.1) is 0 Å². The number of amidine groups is 2. The Labute approximate surface area is 208 Å². The van der Waals surface area contributed by atoms with Crippen LogP contribution >= 0.6 is 11.8 Å². The Bertz CT molecular complexity index is 1420. The minimum atomic E-state index is -0.408. The third-order valence-corrected chi connectivity index (χ3v) is 6.81. The quantitative estimate of drug-likeness (QED) is 0.436. The van der Waals surface area contributed by atoms with Gasteiger partial charge < -0.3 is 9.30 Å². The van der Waals surface area contributed by atoms with Crippen LogP contribution in [0.2, 0.25) is 0 Å². The highest BCUT2D eigenvalue weighted by molar-refractivity contribution is 8.26. The third-order valence-electron chi connectivity index (χ3n) is 5.88. The van der Waals surface area contributed by atoms with E-state index in [9.17, 15) is 4.79 Å². The van der Waals surface area contributed by atoms with Crippen LogP contribution in [0.15, 0.2) is 70.4 Å². The van der Waals surface area contributed by atoms with Gasteiger partial charge in [-0.1, -0.05) is 50.2 Å². The summed E-state index contributed by atoms with van der Waals surface area (Å²) in [6.45, 7) is 7.43. The number of rotatable bonds is 7. The molecule has 2 aromatic carbocycles. The number of benzene rings is 2. The number of carbonyl (C=O) groups is 1. The maximum Gasteiger partial charge on any atom is 0.283 e. The van der Waals surface area contributed by atoms with E-state index < -0.39 is 5.91 Å². The molecule has 0 radical (unpaired) electrons. The largest absolute Gasteiger partial charge is 0.491 e. The molecule has 35 heavy (non-hydrogen) atoms. The number of hydrogen-bond acceptors (Lipinski definition) is 5. The fourth-order valence-corrected chi connectivity index (χ4v) is 5.26. The van der Waals surface area contributed by atoms with Gasteiger partial charge in [0.2, 0.25) is 5.17 Å². The molecule has 3 heterocycles. The van der Waals surface area contributed by atoms with Gasteiger partial charge in [-0.25, -0.2) is 0 Å². The zero-order valence-corrected chi connectivity index (χ0v) is 20.8. The molecular weight excluding hydrogens is 458 g/mol. The number of hydrogen-bond donors (Lipinski definition) is 1. The third kappa shape index (κ3) is 4.66. The lowest BCUT2D eigenvalue weighted by molar-refractivity contribution is -0.114. The maximum atomic E-state index is 12.9. The van der Waals surface area contributed by atoms with E-state index in [0.29, 0.717) is 24.2 Å². The average molecular weight is 486 g/mol. The molecule has 0 saturated carbocycles. The van der Waals surface area contributed by atoms with Gasteiger partial charge >= 0.3 is 0 Å². The van der Waals surface area contributed by atoms with E-state index >= 15 is 0 Å². The fourth-order valence-electron chi connectivity index (χ4n) is 4.17. The molecule has 3 aromatic rings. The fraction of sp³-hybridized carbons (Fsp3) is 0.259. The number of aliphatic imine (C=N–C) groups is 1. The summed E-state index contributed by atoms with van der Waals surface area (Å²) in [6.07, 6.45) is 4.55. The van der Waals surface area contributed by atoms with Crippen molar-refractivity contribution in [2.24, 2.45) is 16.0 Å². The highest BCUT2D eigenvalue weighted by Gasteiger charge is 2.35. The van der Waals surface area contributed by atoms with Crippen LogP contribution in [-0.4, -0.2) is 38.1 Å². The van der Waals surface area contributed by atoms with Gasteiger partial charge in [0.05, 0.1) is 12.1 Å². The van der Waals surface area contributed by atoms with Gasteiger partial charge in [-0.3, -0.25) is 10.2 Å². The molecule has 0 aliphatic carbocycles. The van der Waals surface area contributed by atoms with Crippen LogP contribution in [0.1, 0.15) is 31.4 Å². The molecule has 7 nitrogen and oxygen atoms in total. The Kier molecular flexibility index (Phi) is 6.30. The second-order valence-electron chi connectivity index (χ2n) is 9.02. The number of carbonyl (C=O) groups excluding carboxylic acids is 1. The summed E-state index contributed by atoms with van der Waals surface area (Å²) in [5.74, 6) is 0.964. The van der Waals surface area contributed by atoms with Gasteiger partial charge in [0.25, 0.3) is 5.91 Å². The van der Waals surface area contributed by atoms with Crippen LogP contribution in [0.3, 0.4) is 0 Å². The molecular formula is C27H27N5O2S. The second-order valence-corrected chi connectivity index (χ2v) is 10.1.